The van der Waals surface area contributed by atoms with Crippen molar-refractivity contribution in [3.05, 3.63) is 51.2 Å². The Kier molecular flexibility index (Phi) is 7.97. The number of nitrogens with zero attached hydrogens (tertiary/aromatic N) is 1. The molecular formula is C15H19Cl3N2OS. The van der Waals surface area contributed by atoms with Gasteiger partial charge in [0.2, 0.25) is 0 Å². The molecule has 2 N–H and O–H groups in total. The zero-order valence-electron chi connectivity index (χ0n) is 11.9. The van der Waals surface area contributed by atoms with E-state index in [1.165, 1.54) is 4.88 Å². The van der Waals surface area contributed by atoms with Crippen molar-refractivity contribution in [2.24, 2.45) is 0 Å². The summed E-state index contributed by atoms with van der Waals surface area (Å²) < 4.78 is 0. The Morgan fingerprint density at radius 3 is 2.50 bits per heavy atom. The highest BCUT2D eigenvalue weighted by molar-refractivity contribution is 7.10. The van der Waals surface area contributed by atoms with Gasteiger partial charge in [-0.15, -0.1) is 36.2 Å². The normalized spacial score (nSPS) is 16.4. The quantitative estimate of drug-likeness (QED) is 0.845. The van der Waals surface area contributed by atoms with Gasteiger partial charge in [0, 0.05) is 31.1 Å². The number of thiophene rings is 1. The molecule has 0 spiro atoms. The van der Waals surface area contributed by atoms with Gasteiger partial charge in [-0.25, -0.2) is 0 Å². The maximum atomic E-state index is 9.61. The number of aromatic hydroxyl groups is 1. The van der Waals surface area contributed by atoms with Crippen LogP contribution in [-0.2, 0) is 0 Å². The van der Waals surface area contributed by atoms with Gasteiger partial charge in [-0.05, 0) is 29.1 Å². The second kappa shape index (κ2) is 8.96. The van der Waals surface area contributed by atoms with E-state index in [-0.39, 0.29) is 36.6 Å². The Morgan fingerprint density at radius 1 is 1.18 bits per heavy atom. The van der Waals surface area contributed by atoms with Crippen LogP contribution in [0.1, 0.15) is 16.5 Å². The molecule has 1 aromatic heterocycles. The van der Waals surface area contributed by atoms with Crippen LogP contribution in [0.3, 0.4) is 0 Å². The number of benzene rings is 1. The van der Waals surface area contributed by atoms with Crippen LogP contribution in [0, 0.1) is 0 Å². The predicted octanol–water partition coefficient (Wildman–Crippen LogP) is 3.95. The second-order valence-electron chi connectivity index (χ2n) is 4.91. The van der Waals surface area contributed by atoms with Crippen LogP contribution in [0.5, 0.6) is 5.75 Å². The van der Waals surface area contributed by atoms with Crippen molar-refractivity contribution >= 4 is 47.8 Å². The average molecular weight is 382 g/mol. The van der Waals surface area contributed by atoms with Crippen LogP contribution in [0.2, 0.25) is 5.02 Å². The van der Waals surface area contributed by atoms with Gasteiger partial charge in [0.15, 0.2) is 0 Å². The third-order valence-corrected chi connectivity index (χ3v) is 4.84. The molecule has 0 saturated carbocycles. The topological polar surface area (TPSA) is 35.5 Å². The summed E-state index contributed by atoms with van der Waals surface area (Å²) >= 11 is 7.84. The standard InChI is InChI=1S/C15H17ClN2OS.2ClH/c16-12-10-11(3-4-13(12)19)15(14-2-1-9-20-14)18-7-5-17-6-8-18;;/h1-4,9-10,15,17,19H,5-8H2;2*1H/t15-;;/m1../s1. The second-order valence-corrected chi connectivity index (χ2v) is 6.30. The van der Waals surface area contributed by atoms with Gasteiger partial charge in [-0.1, -0.05) is 23.7 Å². The summed E-state index contributed by atoms with van der Waals surface area (Å²) in [4.78, 5) is 3.78. The number of phenols is 1. The molecule has 3 nitrogen and oxygen atoms in total. The molecule has 22 heavy (non-hydrogen) atoms. The first kappa shape index (κ1) is 19.6. The largest absolute Gasteiger partial charge is 0.506 e. The summed E-state index contributed by atoms with van der Waals surface area (Å²) in [5, 5.41) is 15.5. The lowest BCUT2D eigenvalue weighted by molar-refractivity contribution is 0.200. The van der Waals surface area contributed by atoms with E-state index in [0.717, 1.165) is 31.7 Å². The Hall–Kier alpha value is -0.490. The lowest BCUT2D eigenvalue weighted by Gasteiger charge is -2.34. The summed E-state index contributed by atoms with van der Waals surface area (Å²) in [5.41, 5.74) is 1.14. The van der Waals surface area contributed by atoms with E-state index in [9.17, 15) is 5.11 Å². The van der Waals surface area contributed by atoms with Crippen molar-refractivity contribution in [2.45, 2.75) is 6.04 Å². The number of nitrogens with one attached hydrogen (secondary N) is 1. The molecule has 122 valence electrons. The highest BCUT2D eigenvalue weighted by Gasteiger charge is 2.25. The average Bonchev–Trinajstić information content (AvgIpc) is 2.98. The number of hydrogen-bond donors (Lipinski definition) is 2. The van der Waals surface area contributed by atoms with Crippen molar-refractivity contribution in [3.63, 3.8) is 0 Å². The van der Waals surface area contributed by atoms with E-state index in [0.29, 0.717) is 5.02 Å². The zero-order valence-corrected chi connectivity index (χ0v) is 15.1. The highest BCUT2D eigenvalue weighted by atomic mass is 35.5. The van der Waals surface area contributed by atoms with Gasteiger partial charge in [0.05, 0.1) is 11.1 Å². The molecule has 1 saturated heterocycles. The van der Waals surface area contributed by atoms with Gasteiger partial charge >= 0.3 is 0 Å². The smallest absolute Gasteiger partial charge is 0.134 e. The third kappa shape index (κ3) is 4.28. The first-order chi connectivity index (χ1) is 9.75. The molecule has 2 heterocycles. The summed E-state index contributed by atoms with van der Waals surface area (Å²) in [6.07, 6.45) is 0. The molecule has 0 radical (unpaired) electrons. The van der Waals surface area contributed by atoms with E-state index < -0.39 is 0 Å². The SMILES string of the molecule is Cl.Cl.Oc1ccc([C@H](c2cccs2)N2CCNCC2)cc1Cl. The van der Waals surface area contributed by atoms with Gasteiger partial charge in [0.25, 0.3) is 0 Å². The molecule has 3 rings (SSSR count). The minimum Gasteiger partial charge on any atom is -0.506 e. The van der Waals surface area contributed by atoms with Gasteiger partial charge in [-0.2, -0.15) is 0 Å². The first-order valence-corrected chi connectivity index (χ1v) is 7.98. The fraction of sp³-hybridized carbons (Fsp3) is 0.333. The van der Waals surface area contributed by atoms with Crippen molar-refractivity contribution in [3.8, 4) is 5.75 Å². The molecule has 0 unspecified atom stereocenters. The van der Waals surface area contributed by atoms with Gasteiger partial charge in [-0.3, -0.25) is 4.90 Å². The minimum absolute atomic E-state index is 0. The Labute approximate surface area is 152 Å². The zero-order chi connectivity index (χ0) is 13.9. The van der Waals surface area contributed by atoms with Gasteiger partial charge < -0.3 is 10.4 Å². The number of rotatable bonds is 3. The molecule has 1 aliphatic rings. The summed E-state index contributed by atoms with van der Waals surface area (Å²) in [7, 11) is 0. The Morgan fingerprint density at radius 2 is 1.91 bits per heavy atom. The first-order valence-electron chi connectivity index (χ1n) is 6.72. The van der Waals surface area contributed by atoms with E-state index in [2.05, 4.69) is 27.7 Å². The third-order valence-electron chi connectivity index (χ3n) is 3.62. The molecule has 7 heteroatoms. The molecule has 0 bridgehead atoms. The van der Waals surface area contributed by atoms with E-state index in [1.54, 1.807) is 17.4 Å². The number of hydrogen-bond acceptors (Lipinski definition) is 4. The van der Waals surface area contributed by atoms with Crippen molar-refractivity contribution in [1.29, 1.82) is 0 Å². The molecule has 1 aromatic carbocycles. The molecule has 2 aromatic rings. The van der Waals surface area contributed by atoms with Crippen LogP contribution >= 0.6 is 47.8 Å². The van der Waals surface area contributed by atoms with Crippen molar-refractivity contribution in [1.82, 2.24) is 10.2 Å². The van der Waals surface area contributed by atoms with Crippen LogP contribution in [0.15, 0.2) is 35.7 Å². The summed E-state index contributed by atoms with van der Waals surface area (Å²) in [6.45, 7) is 4.05. The van der Waals surface area contributed by atoms with E-state index in [1.807, 2.05) is 12.1 Å². The maximum absolute atomic E-state index is 9.61. The van der Waals surface area contributed by atoms with E-state index in [4.69, 9.17) is 11.6 Å². The van der Waals surface area contributed by atoms with Crippen molar-refractivity contribution < 1.29 is 5.11 Å². The fourth-order valence-corrected chi connectivity index (χ4v) is 3.71. The fourth-order valence-electron chi connectivity index (χ4n) is 2.64. The number of halogens is 3. The number of piperazine rings is 1. The van der Waals surface area contributed by atoms with Crippen LogP contribution in [-0.4, -0.2) is 36.2 Å². The maximum Gasteiger partial charge on any atom is 0.134 e. The molecule has 1 atom stereocenters. The molecule has 0 amide bonds. The van der Waals surface area contributed by atoms with Crippen LogP contribution in [0.4, 0.5) is 0 Å². The number of phenolic OH excluding ortho intramolecular Hbond substituents is 1. The van der Waals surface area contributed by atoms with E-state index >= 15 is 0 Å². The molecular weight excluding hydrogens is 363 g/mol. The molecule has 1 aliphatic heterocycles. The van der Waals surface area contributed by atoms with Crippen LogP contribution in [0.25, 0.3) is 0 Å². The summed E-state index contributed by atoms with van der Waals surface area (Å²) in [5.74, 6) is 0.139. The minimum atomic E-state index is 0. The molecule has 1 fully saturated rings. The van der Waals surface area contributed by atoms with Crippen LogP contribution < -0.4 is 5.32 Å². The monoisotopic (exact) mass is 380 g/mol. The van der Waals surface area contributed by atoms with Crippen molar-refractivity contribution in [2.75, 3.05) is 26.2 Å². The Bertz CT molecular complexity index is 574. The highest BCUT2D eigenvalue weighted by Crippen LogP contribution is 2.35. The lowest BCUT2D eigenvalue weighted by Crippen LogP contribution is -2.45. The molecule has 0 aliphatic carbocycles. The van der Waals surface area contributed by atoms with Gasteiger partial charge in [0.1, 0.15) is 5.75 Å². The lowest BCUT2D eigenvalue weighted by atomic mass is 10.0. The predicted molar refractivity (Wildman–Crippen MR) is 98.2 cm³/mol. The Balaban J connectivity index is 0.00000121. The summed E-state index contributed by atoms with van der Waals surface area (Å²) in [6, 6.07) is 9.99.